The number of benzene rings is 1. The van der Waals surface area contributed by atoms with Crippen LogP contribution in [0, 0.1) is 5.92 Å². The second-order valence-electron chi connectivity index (χ2n) is 5.30. The molecule has 1 saturated carbocycles. The van der Waals surface area contributed by atoms with Gasteiger partial charge < -0.3 is 10.1 Å². The van der Waals surface area contributed by atoms with E-state index >= 15 is 0 Å². The van der Waals surface area contributed by atoms with Crippen LogP contribution in [0.3, 0.4) is 0 Å². The molecular weight excluding hydrogens is 258 g/mol. The molecule has 1 unspecified atom stereocenters. The zero-order valence-electron chi connectivity index (χ0n) is 11.7. The summed E-state index contributed by atoms with van der Waals surface area (Å²) in [6, 6.07) is 8.15. The summed E-state index contributed by atoms with van der Waals surface area (Å²) in [5, 5.41) is 4.27. The fourth-order valence-electron chi connectivity index (χ4n) is 2.90. The van der Waals surface area contributed by atoms with Gasteiger partial charge in [0.15, 0.2) is 0 Å². The average molecular weight is 282 g/mol. The minimum absolute atomic E-state index is 0.446. The van der Waals surface area contributed by atoms with Crippen molar-refractivity contribution in [3.8, 4) is 5.75 Å². The number of halogens is 1. The Labute approximate surface area is 121 Å². The van der Waals surface area contributed by atoms with Crippen LogP contribution in [0.25, 0.3) is 0 Å². The van der Waals surface area contributed by atoms with Crippen LogP contribution in [0.2, 0.25) is 5.02 Å². The van der Waals surface area contributed by atoms with Crippen molar-refractivity contribution in [2.24, 2.45) is 5.92 Å². The van der Waals surface area contributed by atoms with Gasteiger partial charge in [-0.3, -0.25) is 0 Å². The molecule has 1 aromatic carbocycles. The average Bonchev–Trinajstić information content (AvgIpc) is 2.46. The molecule has 0 aromatic heterocycles. The third kappa shape index (κ3) is 4.39. The number of para-hydroxylation sites is 1. The summed E-state index contributed by atoms with van der Waals surface area (Å²) in [7, 11) is 0. The van der Waals surface area contributed by atoms with E-state index in [1.807, 2.05) is 24.3 Å². The van der Waals surface area contributed by atoms with Crippen molar-refractivity contribution in [1.82, 2.24) is 5.32 Å². The zero-order chi connectivity index (χ0) is 13.5. The van der Waals surface area contributed by atoms with Gasteiger partial charge in [-0.15, -0.1) is 0 Å². The second kappa shape index (κ2) is 7.76. The van der Waals surface area contributed by atoms with Crippen LogP contribution in [0.4, 0.5) is 0 Å². The van der Waals surface area contributed by atoms with E-state index in [4.69, 9.17) is 16.3 Å². The van der Waals surface area contributed by atoms with E-state index in [1.54, 1.807) is 0 Å². The molecule has 1 aromatic rings. The van der Waals surface area contributed by atoms with Crippen LogP contribution in [0.5, 0.6) is 5.75 Å². The van der Waals surface area contributed by atoms with Gasteiger partial charge in [-0.1, -0.05) is 49.9 Å². The molecule has 1 aliphatic carbocycles. The molecule has 0 aliphatic heterocycles. The van der Waals surface area contributed by atoms with Crippen LogP contribution in [-0.2, 0) is 0 Å². The van der Waals surface area contributed by atoms with Crippen molar-refractivity contribution in [1.29, 1.82) is 0 Å². The van der Waals surface area contributed by atoms with Crippen molar-refractivity contribution in [2.75, 3.05) is 13.2 Å². The number of ether oxygens (including phenoxy) is 1. The third-order valence-electron chi connectivity index (χ3n) is 3.94. The molecule has 1 N–H and O–H groups in total. The quantitative estimate of drug-likeness (QED) is 0.840. The zero-order valence-corrected chi connectivity index (χ0v) is 12.5. The molecular formula is C16H24ClNO. The minimum atomic E-state index is 0.446. The summed E-state index contributed by atoms with van der Waals surface area (Å²) in [5.74, 6) is 1.54. The number of nitrogens with one attached hydrogen (secondary N) is 1. The van der Waals surface area contributed by atoms with Crippen molar-refractivity contribution >= 4 is 11.6 Å². The fraction of sp³-hybridized carbons (Fsp3) is 0.625. The highest BCUT2D eigenvalue weighted by Gasteiger charge is 2.23. The first kappa shape index (κ1) is 14.7. The molecule has 0 amide bonds. The molecule has 1 atom stereocenters. The molecule has 3 heteroatoms. The maximum absolute atomic E-state index is 6.13. The Morgan fingerprint density at radius 2 is 2.00 bits per heavy atom. The highest BCUT2D eigenvalue weighted by molar-refractivity contribution is 6.32. The van der Waals surface area contributed by atoms with E-state index in [9.17, 15) is 0 Å². The Morgan fingerprint density at radius 1 is 1.26 bits per heavy atom. The molecule has 0 spiro atoms. The maximum Gasteiger partial charge on any atom is 0.137 e. The monoisotopic (exact) mass is 281 g/mol. The van der Waals surface area contributed by atoms with Gasteiger partial charge in [-0.05, 0) is 37.4 Å². The standard InChI is InChI=1S/C16H24ClNO/c1-2-18-15(13-8-4-3-5-9-13)12-19-16-11-7-6-10-14(16)17/h6-7,10-11,13,15,18H,2-5,8-9,12H2,1H3. The Morgan fingerprint density at radius 3 is 2.68 bits per heavy atom. The molecule has 0 saturated heterocycles. The van der Waals surface area contributed by atoms with Gasteiger partial charge in [0.05, 0.1) is 5.02 Å². The Kier molecular flexibility index (Phi) is 5.99. The lowest BCUT2D eigenvalue weighted by atomic mass is 9.84. The summed E-state index contributed by atoms with van der Waals surface area (Å²) in [6.07, 6.45) is 6.76. The van der Waals surface area contributed by atoms with E-state index in [2.05, 4.69) is 12.2 Å². The Balaban J connectivity index is 1.91. The predicted octanol–water partition coefficient (Wildman–Crippen LogP) is 4.28. The summed E-state index contributed by atoms with van der Waals surface area (Å²) < 4.78 is 5.91. The van der Waals surface area contributed by atoms with Crippen molar-refractivity contribution in [3.63, 3.8) is 0 Å². The summed E-state index contributed by atoms with van der Waals surface area (Å²) >= 11 is 6.13. The van der Waals surface area contributed by atoms with Gasteiger partial charge >= 0.3 is 0 Å². The lowest BCUT2D eigenvalue weighted by molar-refractivity contribution is 0.187. The lowest BCUT2D eigenvalue weighted by Crippen LogP contribution is -2.41. The van der Waals surface area contributed by atoms with Gasteiger partial charge in [-0.2, -0.15) is 0 Å². The first-order valence-corrected chi connectivity index (χ1v) is 7.79. The van der Waals surface area contributed by atoms with Crippen LogP contribution in [-0.4, -0.2) is 19.2 Å². The van der Waals surface area contributed by atoms with E-state index < -0.39 is 0 Å². The highest BCUT2D eigenvalue weighted by Crippen LogP contribution is 2.28. The summed E-state index contributed by atoms with van der Waals surface area (Å²) in [4.78, 5) is 0. The number of hydrogen-bond acceptors (Lipinski definition) is 2. The molecule has 0 heterocycles. The molecule has 0 radical (unpaired) electrons. The number of rotatable bonds is 6. The molecule has 19 heavy (non-hydrogen) atoms. The van der Waals surface area contributed by atoms with Crippen molar-refractivity contribution in [2.45, 2.75) is 45.1 Å². The first-order chi connectivity index (χ1) is 9.31. The van der Waals surface area contributed by atoms with Gasteiger partial charge in [0.25, 0.3) is 0 Å². The minimum Gasteiger partial charge on any atom is -0.490 e. The normalized spacial score (nSPS) is 18.2. The molecule has 2 nitrogen and oxygen atoms in total. The summed E-state index contributed by atoms with van der Waals surface area (Å²) in [5.41, 5.74) is 0. The first-order valence-electron chi connectivity index (χ1n) is 7.42. The van der Waals surface area contributed by atoms with Gasteiger partial charge in [0.2, 0.25) is 0 Å². The summed E-state index contributed by atoms with van der Waals surface area (Å²) in [6.45, 7) is 3.86. The van der Waals surface area contributed by atoms with Crippen LogP contribution < -0.4 is 10.1 Å². The predicted molar refractivity (Wildman–Crippen MR) is 81.0 cm³/mol. The van der Waals surface area contributed by atoms with E-state index in [0.29, 0.717) is 17.7 Å². The lowest BCUT2D eigenvalue weighted by Gasteiger charge is -2.30. The van der Waals surface area contributed by atoms with Crippen LogP contribution in [0.15, 0.2) is 24.3 Å². The maximum atomic E-state index is 6.13. The third-order valence-corrected chi connectivity index (χ3v) is 4.25. The van der Waals surface area contributed by atoms with Gasteiger partial charge in [-0.25, -0.2) is 0 Å². The number of hydrogen-bond donors (Lipinski definition) is 1. The smallest absolute Gasteiger partial charge is 0.137 e. The van der Waals surface area contributed by atoms with Crippen LogP contribution >= 0.6 is 11.6 Å². The van der Waals surface area contributed by atoms with Crippen LogP contribution in [0.1, 0.15) is 39.0 Å². The van der Waals surface area contributed by atoms with Crippen molar-refractivity contribution < 1.29 is 4.74 Å². The van der Waals surface area contributed by atoms with E-state index in [1.165, 1.54) is 32.1 Å². The van der Waals surface area contributed by atoms with Crippen molar-refractivity contribution in [3.05, 3.63) is 29.3 Å². The van der Waals surface area contributed by atoms with Gasteiger partial charge in [0.1, 0.15) is 12.4 Å². The fourth-order valence-corrected chi connectivity index (χ4v) is 3.09. The largest absolute Gasteiger partial charge is 0.490 e. The van der Waals surface area contributed by atoms with Gasteiger partial charge in [0, 0.05) is 6.04 Å². The molecule has 2 rings (SSSR count). The Bertz CT molecular complexity index is 377. The topological polar surface area (TPSA) is 21.3 Å². The molecule has 1 aliphatic rings. The molecule has 106 valence electrons. The SMILES string of the molecule is CCNC(COc1ccccc1Cl)C1CCCCC1. The highest BCUT2D eigenvalue weighted by atomic mass is 35.5. The van der Waals surface area contributed by atoms with E-state index in [-0.39, 0.29) is 0 Å². The molecule has 1 fully saturated rings. The number of likely N-dealkylation sites (N-methyl/N-ethyl adjacent to an activating group) is 1. The second-order valence-corrected chi connectivity index (χ2v) is 5.71. The van der Waals surface area contributed by atoms with E-state index in [0.717, 1.165) is 18.2 Å². The Hall–Kier alpha value is -0.730. The molecule has 0 bridgehead atoms.